The summed E-state index contributed by atoms with van der Waals surface area (Å²) in [5.41, 5.74) is 6.10. The van der Waals surface area contributed by atoms with Crippen molar-refractivity contribution >= 4 is 29.1 Å². The summed E-state index contributed by atoms with van der Waals surface area (Å²) in [6.45, 7) is 0. The molecule has 2 N–H and O–H groups in total. The van der Waals surface area contributed by atoms with Crippen LogP contribution in [0, 0.1) is 11.6 Å². The fourth-order valence-electron chi connectivity index (χ4n) is 1.18. The molecule has 0 bridgehead atoms. The molecule has 0 aliphatic rings. The van der Waals surface area contributed by atoms with Crippen LogP contribution in [-0.2, 0) is 0 Å². The van der Waals surface area contributed by atoms with Crippen LogP contribution in [0.2, 0.25) is 5.02 Å². The minimum Gasteiger partial charge on any atom is -0.396 e. The number of nitrogens with zero attached hydrogens (tertiary/aromatic N) is 1. The molecule has 2 nitrogen and oxygen atoms in total. The van der Waals surface area contributed by atoms with Crippen LogP contribution in [-0.4, -0.2) is 4.98 Å². The zero-order valence-electron chi connectivity index (χ0n) is 8.45. The molecule has 0 atom stereocenters. The molecule has 0 fully saturated rings. The van der Waals surface area contributed by atoms with Crippen molar-refractivity contribution in [2.24, 2.45) is 0 Å². The maximum Gasteiger partial charge on any atom is 0.159 e. The van der Waals surface area contributed by atoms with Crippen molar-refractivity contribution in [2.75, 3.05) is 5.73 Å². The van der Waals surface area contributed by atoms with Gasteiger partial charge >= 0.3 is 0 Å². The molecule has 88 valence electrons. The molecule has 6 heteroatoms. The van der Waals surface area contributed by atoms with Gasteiger partial charge in [-0.3, -0.25) is 0 Å². The second-order valence-electron chi connectivity index (χ2n) is 3.23. The third-order valence-electron chi connectivity index (χ3n) is 1.95. The third kappa shape index (κ3) is 2.87. The van der Waals surface area contributed by atoms with E-state index in [1.807, 2.05) is 0 Å². The van der Waals surface area contributed by atoms with Crippen molar-refractivity contribution in [3.8, 4) is 0 Å². The average Bonchev–Trinajstić information content (AvgIpc) is 2.27. The Morgan fingerprint density at radius 3 is 2.59 bits per heavy atom. The molecular formula is C11H7ClF2N2S. The summed E-state index contributed by atoms with van der Waals surface area (Å²) < 4.78 is 25.7. The van der Waals surface area contributed by atoms with E-state index in [1.54, 1.807) is 6.07 Å². The van der Waals surface area contributed by atoms with E-state index in [0.29, 0.717) is 20.6 Å². The van der Waals surface area contributed by atoms with Crippen LogP contribution in [0.3, 0.4) is 0 Å². The van der Waals surface area contributed by atoms with Gasteiger partial charge in [-0.2, -0.15) is 0 Å². The standard InChI is InChI=1S/C11H7ClF2N2S/c12-6-3-10(15)11(16-5-6)17-7-1-2-8(13)9(14)4-7/h1-5H,15H2. The highest BCUT2D eigenvalue weighted by Gasteiger charge is 2.07. The molecule has 1 aromatic heterocycles. The Bertz CT molecular complexity index is 563. The van der Waals surface area contributed by atoms with Crippen LogP contribution >= 0.6 is 23.4 Å². The number of anilines is 1. The summed E-state index contributed by atoms with van der Waals surface area (Å²) in [6.07, 6.45) is 1.44. The lowest BCUT2D eigenvalue weighted by Gasteiger charge is -2.04. The Labute approximate surface area is 106 Å². The van der Waals surface area contributed by atoms with Gasteiger partial charge in [0.05, 0.1) is 10.7 Å². The van der Waals surface area contributed by atoms with Crippen molar-refractivity contribution in [2.45, 2.75) is 9.92 Å². The molecule has 1 heterocycles. The first-order valence-electron chi connectivity index (χ1n) is 4.60. The first kappa shape index (κ1) is 12.1. The maximum absolute atomic E-state index is 13.0. The van der Waals surface area contributed by atoms with E-state index in [0.717, 1.165) is 23.9 Å². The van der Waals surface area contributed by atoms with E-state index in [1.165, 1.54) is 12.3 Å². The number of nitrogen functional groups attached to an aromatic ring is 1. The van der Waals surface area contributed by atoms with Crippen molar-refractivity contribution in [3.05, 3.63) is 47.1 Å². The highest BCUT2D eigenvalue weighted by molar-refractivity contribution is 7.99. The predicted octanol–water partition coefficient (Wildman–Crippen LogP) is 3.75. The molecular weight excluding hydrogens is 266 g/mol. The lowest BCUT2D eigenvalue weighted by atomic mass is 10.3. The smallest absolute Gasteiger partial charge is 0.159 e. The molecule has 2 rings (SSSR count). The first-order chi connectivity index (χ1) is 8.06. The van der Waals surface area contributed by atoms with Crippen molar-refractivity contribution < 1.29 is 8.78 Å². The number of hydrogen-bond acceptors (Lipinski definition) is 3. The molecule has 0 unspecified atom stereocenters. The Hall–Kier alpha value is -1.33. The number of pyridine rings is 1. The van der Waals surface area contributed by atoms with E-state index in [-0.39, 0.29) is 0 Å². The summed E-state index contributed by atoms with van der Waals surface area (Å²) in [5.74, 6) is -1.78. The van der Waals surface area contributed by atoms with Gasteiger partial charge in [0.1, 0.15) is 5.03 Å². The highest BCUT2D eigenvalue weighted by Crippen LogP contribution is 2.31. The molecule has 2 aromatic rings. The van der Waals surface area contributed by atoms with Gasteiger partial charge in [-0.25, -0.2) is 13.8 Å². The average molecular weight is 273 g/mol. The molecule has 1 aromatic carbocycles. The predicted molar refractivity (Wildman–Crippen MR) is 64.1 cm³/mol. The fourth-order valence-corrected chi connectivity index (χ4v) is 2.15. The quantitative estimate of drug-likeness (QED) is 0.905. The van der Waals surface area contributed by atoms with Crippen LogP contribution in [0.5, 0.6) is 0 Å². The van der Waals surface area contributed by atoms with Gasteiger partial charge in [0, 0.05) is 11.1 Å². The number of nitrogens with two attached hydrogens (primary N) is 1. The van der Waals surface area contributed by atoms with Gasteiger partial charge in [0.25, 0.3) is 0 Å². The molecule has 17 heavy (non-hydrogen) atoms. The number of hydrogen-bond donors (Lipinski definition) is 1. The normalized spacial score (nSPS) is 10.5. The third-order valence-corrected chi connectivity index (χ3v) is 3.18. The molecule has 0 radical (unpaired) electrons. The van der Waals surface area contributed by atoms with E-state index >= 15 is 0 Å². The zero-order valence-corrected chi connectivity index (χ0v) is 10.0. The molecule has 0 amide bonds. The van der Waals surface area contributed by atoms with E-state index in [9.17, 15) is 8.78 Å². The van der Waals surface area contributed by atoms with Crippen LogP contribution in [0.25, 0.3) is 0 Å². The summed E-state index contributed by atoms with van der Waals surface area (Å²) >= 11 is 6.85. The van der Waals surface area contributed by atoms with E-state index in [4.69, 9.17) is 17.3 Å². The monoisotopic (exact) mass is 272 g/mol. The molecule has 0 spiro atoms. The Morgan fingerprint density at radius 1 is 1.18 bits per heavy atom. The molecule has 0 saturated carbocycles. The zero-order chi connectivity index (χ0) is 12.4. The van der Waals surface area contributed by atoms with E-state index in [2.05, 4.69) is 4.98 Å². The minimum absolute atomic E-state index is 0.396. The Kier molecular flexibility index (Phi) is 3.49. The topological polar surface area (TPSA) is 38.9 Å². The molecule has 0 aliphatic carbocycles. The maximum atomic E-state index is 13.0. The summed E-state index contributed by atoms with van der Waals surface area (Å²) in [7, 11) is 0. The number of benzene rings is 1. The van der Waals surface area contributed by atoms with Crippen molar-refractivity contribution in [3.63, 3.8) is 0 Å². The van der Waals surface area contributed by atoms with Crippen LogP contribution in [0.4, 0.5) is 14.5 Å². The molecule has 0 saturated heterocycles. The first-order valence-corrected chi connectivity index (χ1v) is 5.79. The van der Waals surface area contributed by atoms with Crippen LogP contribution < -0.4 is 5.73 Å². The summed E-state index contributed by atoms with van der Waals surface area (Å²) in [5, 5.41) is 0.928. The van der Waals surface area contributed by atoms with Crippen molar-refractivity contribution in [1.29, 1.82) is 0 Å². The lowest BCUT2D eigenvalue weighted by Crippen LogP contribution is -1.92. The fraction of sp³-hybridized carbons (Fsp3) is 0. The summed E-state index contributed by atoms with van der Waals surface area (Å²) in [6, 6.07) is 5.16. The van der Waals surface area contributed by atoms with Crippen LogP contribution in [0.15, 0.2) is 40.4 Å². The van der Waals surface area contributed by atoms with E-state index < -0.39 is 11.6 Å². The number of aromatic nitrogens is 1. The lowest BCUT2D eigenvalue weighted by molar-refractivity contribution is 0.506. The van der Waals surface area contributed by atoms with Gasteiger partial charge in [-0.1, -0.05) is 23.4 Å². The highest BCUT2D eigenvalue weighted by atomic mass is 35.5. The van der Waals surface area contributed by atoms with Crippen molar-refractivity contribution in [1.82, 2.24) is 4.98 Å². The Morgan fingerprint density at radius 2 is 1.94 bits per heavy atom. The van der Waals surface area contributed by atoms with Gasteiger partial charge in [-0.05, 0) is 24.3 Å². The second kappa shape index (κ2) is 4.89. The number of halogens is 3. The van der Waals surface area contributed by atoms with Gasteiger partial charge in [0.15, 0.2) is 11.6 Å². The van der Waals surface area contributed by atoms with Gasteiger partial charge in [0.2, 0.25) is 0 Å². The number of rotatable bonds is 2. The summed E-state index contributed by atoms with van der Waals surface area (Å²) in [4.78, 5) is 4.53. The SMILES string of the molecule is Nc1cc(Cl)cnc1Sc1ccc(F)c(F)c1. The second-order valence-corrected chi connectivity index (χ2v) is 4.72. The minimum atomic E-state index is -0.900. The van der Waals surface area contributed by atoms with Gasteiger partial charge in [-0.15, -0.1) is 0 Å². The largest absolute Gasteiger partial charge is 0.396 e. The Balaban J connectivity index is 2.28. The molecule has 0 aliphatic heterocycles. The van der Waals surface area contributed by atoms with Crippen LogP contribution in [0.1, 0.15) is 0 Å². The van der Waals surface area contributed by atoms with Gasteiger partial charge < -0.3 is 5.73 Å².